The number of benzene rings is 2. The van der Waals surface area contributed by atoms with Crippen molar-refractivity contribution in [1.82, 2.24) is 39.7 Å². The summed E-state index contributed by atoms with van der Waals surface area (Å²) in [5.41, 5.74) is 12.5. The van der Waals surface area contributed by atoms with Crippen LogP contribution in [0.3, 0.4) is 0 Å². The normalized spacial score (nSPS) is 15.0. The van der Waals surface area contributed by atoms with E-state index in [0.29, 0.717) is 39.5 Å². The zero-order valence-corrected chi connectivity index (χ0v) is 36.0. The van der Waals surface area contributed by atoms with Crippen LogP contribution >= 0.6 is 0 Å². The molecule has 66 heavy (non-hydrogen) atoms. The maximum atomic E-state index is 13.1. The number of amides is 4. The second-order valence-electron chi connectivity index (χ2n) is 15.1. The molecule has 5 heterocycles. The molecule has 17 nitrogen and oxygen atoms in total. The largest absolute Gasteiger partial charge is 0.416 e. The fraction of sp³-hybridized carbons (Fsp3) is 0.349. The number of aromatic amines is 1. The molecule has 1 saturated heterocycles. The molecule has 6 aromatic rings. The number of carbonyl (C=O) groups excluding carboxylic acids is 4. The smallest absolute Gasteiger partial charge is 0.383 e. The second-order valence-corrected chi connectivity index (χ2v) is 15.1. The number of carbonyl (C=O) groups is 4. The van der Waals surface area contributed by atoms with Gasteiger partial charge in [-0.3, -0.25) is 24.3 Å². The van der Waals surface area contributed by atoms with Gasteiger partial charge >= 0.3 is 36.0 Å². The van der Waals surface area contributed by atoms with Crippen LogP contribution in [-0.2, 0) is 36.3 Å². The summed E-state index contributed by atoms with van der Waals surface area (Å²) in [4.78, 5) is 62.0. The van der Waals surface area contributed by atoms with E-state index in [9.17, 15) is 45.5 Å². The molecule has 4 amide bonds. The lowest BCUT2D eigenvalue weighted by molar-refractivity contribution is -0.144. The van der Waals surface area contributed by atoms with E-state index in [2.05, 4.69) is 35.9 Å². The first-order chi connectivity index (χ1) is 31.2. The van der Waals surface area contributed by atoms with Crippen LogP contribution in [0.15, 0.2) is 73.3 Å². The van der Waals surface area contributed by atoms with E-state index in [0.717, 1.165) is 43.5 Å². The van der Waals surface area contributed by atoms with Crippen molar-refractivity contribution in [2.75, 3.05) is 41.8 Å². The van der Waals surface area contributed by atoms with Crippen molar-refractivity contribution in [2.45, 2.75) is 77.6 Å². The van der Waals surface area contributed by atoms with Gasteiger partial charge < -0.3 is 36.6 Å². The number of halogens is 6. The summed E-state index contributed by atoms with van der Waals surface area (Å²) in [7, 11) is 0. The number of aromatic nitrogens is 6. The van der Waals surface area contributed by atoms with Gasteiger partial charge in [0, 0.05) is 19.7 Å². The first-order valence-corrected chi connectivity index (χ1v) is 20.6. The highest BCUT2D eigenvalue weighted by Gasteiger charge is 2.33. The molecule has 350 valence electrons. The number of nitrogen functional groups attached to an aromatic ring is 2. The van der Waals surface area contributed by atoms with Gasteiger partial charge in [-0.1, -0.05) is 24.3 Å². The Bertz CT molecular complexity index is 2700. The number of alkyl halides is 6. The monoisotopic (exact) mass is 924 g/mol. The molecule has 0 bridgehead atoms. The van der Waals surface area contributed by atoms with Gasteiger partial charge in [0.25, 0.3) is 0 Å². The van der Waals surface area contributed by atoms with Gasteiger partial charge in [0.2, 0.25) is 0 Å². The lowest BCUT2D eigenvalue weighted by Crippen LogP contribution is -2.41. The number of nitrogens with two attached hydrogens (primary N) is 2. The summed E-state index contributed by atoms with van der Waals surface area (Å²) in [5.74, 6) is -3.07. The third kappa shape index (κ3) is 10.5. The Hall–Kier alpha value is -7.30. The molecule has 1 fully saturated rings. The number of likely N-dealkylation sites (N-methyl/N-ethyl adjacent to an activating group) is 2. The second kappa shape index (κ2) is 19.8. The summed E-state index contributed by atoms with van der Waals surface area (Å²) >= 11 is 0. The van der Waals surface area contributed by atoms with Crippen LogP contribution in [0.2, 0.25) is 0 Å². The average molecular weight is 925 g/mol. The number of nitrogens with one attached hydrogen (secondary N) is 3. The highest BCUT2D eigenvalue weighted by atomic mass is 19.4. The minimum Gasteiger partial charge on any atom is -0.383 e. The maximum Gasteiger partial charge on any atom is 0.416 e. The van der Waals surface area contributed by atoms with Gasteiger partial charge in [-0.05, 0) is 82.3 Å². The molecule has 7 N–H and O–H groups in total. The zero-order chi connectivity index (χ0) is 48.1. The van der Waals surface area contributed by atoms with Crippen LogP contribution in [0, 0.1) is 0 Å². The Balaban J connectivity index is 0.000000222. The van der Waals surface area contributed by atoms with Gasteiger partial charge in [-0.2, -0.15) is 36.5 Å². The SMILES string of the molecule is CCN(C(=O)C(=O)Nc1cnc(N)c2cn[nH]c12)C(C)c1ccc(C(F)(F)F)cc1.CCN(C(=O)C(=O)Nc1cnc(N)c2cnn(C3CCCCO3)c12)C(C)c1ccc(C(F)(F)F)cc1. The molecule has 3 atom stereocenters. The molecule has 23 heteroatoms. The van der Waals surface area contributed by atoms with E-state index in [1.165, 1.54) is 58.9 Å². The van der Waals surface area contributed by atoms with Crippen molar-refractivity contribution < 1.29 is 50.3 Å². The van der Waals surface area contributed by atoms with Crippen molar-refractivity contribution in [1.29, 1.82) is 0 Å². The average Bonchev–Trinajstić information content (AvgIpc) is 3.99. The van der Waals surface area contributed by atoms with Gasteiger partial charge in [-0.25, -0.2) is 14.6 Å². The van der Waals surface area contributed by atoms with Gasteiger partial charge in [0.15, 0.2) is 6.23 Å². The van der Waals surface area contributed by atoms with E-state index >= 15 is 0 Å². The Kier molecular flexibility index (Phi) is 14.5. The molecule has 2 aromatic carbocycles. The van der Waals surface area contributed by atoms with Gasteiger partial charge in [0.05, 0.1) is 75.7 Å². The van der Waals surface area contributed by atoms with Crippen molar-refractivity contribution in [3.63, 3.8) is 0 Å². The van der Waals surface area contributed by atoms with Crippen molar-refractivity contribution >= 4 is 68.4 Å². The zero-order valence-electron chi connectivity index (χ0n) is 36.0. The number of pyridine rings is 2. The van der Waals surface area contributed by atoms with Crippen LogP contribution in [0.1, 0.15) is 87.5 Å². The summed E-state index contributed by atoms with van der Waals surface area (Å²) in [6, 6.07) is 7.73. The lowest BCUT2D eigenvalue weighted by Gasteiger charge is -2.28. The Morgan fingerprint density at radius 1 is 0.742 bits per heavy atom. The molecule has 1 aliphatic heterocycles. The number of rotatable bonds is 9. The number of fused-ring (bicyclic) bond motifs is 2. The summed E-state index contributed by atoms with van der Waals surface area (Å²) in [6.07, 6.45) is -0.964. The van der Waals surface area contributed by atoms with E-state index in [-0.39, 0.29) is 42.3 Å². The van der Waals surface area contributed by atoms with Crippen molar-refractivity contribution in [3.05, 3.63) is 95.6 Å². The molecule has 7 rings (SSSR count). The number of ether oxygens (including phenoxy) is 1. The molecule has 0 spiro atoms. The molecule has 1 aliphatic rings. The minimum atomic E-state index is -4.46. The summed E-state index contributed by atoms with van der Waals surface area (Å²) < 4.78 is 84.4. The number of hydrogen-bond donors (Lipinski definition) is 5. The van der Waals surface area contributed by atoms with Gasteiger partial charge in [-0.15, -0.1) is 0 Å². The summed E-state index contributed by atoms with van der Waals surface area (Å²) in [5, 5.41) is 17.0. The fourth-order valence-electron chi connectivity index (χ4n) is 7.42. The van der Waals surface area contributed by atoms with Crippen LogP contribution in [0.5, 0.6) is 0 Å². The summed E-state index contributed by atoms with van der Waals surface area (Å²) in [6.45, 7) is 7.56. The highest BCUT2D eigenvalue weighted by molar-refractivity contribution is 6.40. The van der Waals surface area contributed by atoms with Crippen molar-refractivity contribution in [3.8, 4) is 0 Å². The maximum absolute atomic E-state index is 13.1. The minimum absolute atomic E-state index is 0.164. The molecule has 3 unspecified atom stereocenters. The fourth-order valence-corrected chi connectivity index (χ4v) is 7.42. The quantitative estimate of drug-likeness (QED) is 0.0709. The molecular weight excluding hydrogens is 879 g/mol. The van der Waals surface area contributed by atoms with Crippen LogP contribution in [0.4, 0.5) is 49.4 Å². The molecule has 0 saturated carbocycles. The Morgan fingerprint density at radius 3 is 1.70 bits per heavy atom. The van der Waals surface area contributed by atoms with Crippen LogP contribution < -0.4 is 22.1 Å². The standard InChI is InChI=1S/C24H27F3N6O3.C19H19F3N6O2/c1-3-32(14(2)15-7-9-16(10-8-15)24(25,26)27)23(35)22(34)31-18-13-29-21(28)17-12-30-33(20(17)18)19-6-4-5-11-36-19;1-3-28(10(2)11-4-6-12(7-5-11)19(20,21)22)18(30)17(29)26-14-9-24-16(23)13-8-25-27-15(13)14/h7-10,12-14,19H,3-6,11H2,1-2H3,(H2,28,29)(H,31,34);4-10H,3H2,1-2H3,(H2,23,24)(H,25,27)(H,26,29). The molecule has 4 aromatic heterocycles. The molecule has 0 aliphatic carbocycles. The Morgan fingerprint density at radius 2 is 1.23 bits per heavy atom. The molecule has 0 radical (unpaired) electrons. The number of H-pyrrole nitrogens is 1. The third-order valence-corrected chi connectivity index (χ3v) is 11.1. The first-order valence-electron chi connectivity index (χ1n) is 20.6. The Labute approximate surface area is 372 Å². The number of hydrogen-bond acceptors (Lipinski definition) is 11. The van der Waals surface area contributed by atoms with E-state index in [1.807, 2.05) is 0 Å². The number of anilines is 4. The van der Waals surface area contributed by atoms with Crippen molar-refractivity contribution in [2.24, 2.45) is 0 Å². The third-order valence-electron chi connectivity index (χ3n) is 11.1. The highest BCUT2D eigenvalue weighted by Crippen LogP contribution is 2.35. The predicted octanol–water partition coefficient (Wildman–Crippen LogP) is 7.39. The van der Waals surface area contributed by atoms with E-state index in [1.54, 1.807) is 32.4 Å². The lowest BCUT2D eigenvalue weighted by atomic mass is 10.0. The first kappa shape index (κ1) is 48.2. The van der Waals surface area contributed by atoms with Gasteiger partial charge in [0.1, 0.15) is 17.2 Å². The van der Waals surface area contributed by atoms with E-state index < -0.39 is 59.2 Å². The predicted molar refractivity (Wildman–Crippen MR) is 231 cm³/mol. The van der Waals surface area contributed by atoms with Crippen LogP contribution in [0.25, 0.3) is 21.8 Å². The van der Waals surface area contributed by atoms with Crippen LogP contribution in [-0.4, -0.2) is 83.1 Å². The topological polar surface area (TPSA) is 232 Å². The number of nitrogens with zero attached hydrogens (tertiary/aromatic N) is 7. The van der Waals surface area contributed by atoms with E-state index in [4.69, 9.17) is 16.2 Å². The molecular formula is C43H46F6N12O5.